The minimum absolute atomic E-state index is 0.0737. The number of benzene rings is 1. The Morgan fingerprint density at radius 1 is 1.17 bits per heavy atom. The number of morpholine rings is 1. The van der Waals surface area contributed by atoms with Gasteiger partial charge in [0.25, 0.3) is 5.56 Å². The van der Waals surface area contributed by atoms with Gasteiger partial charge in [-0.15, -0.1) is 0 Å². The largest absolute Gasteiger partial charge is 0.379 e. The minimum atomic E-state index is 0.0737. The maximum Gasteiger partial charge on any atom is 0.259 e. The number of nitrogens with zero attached hydrogens (tertiary/aromatic N) is 3. The Labute approximate surface area is 144 Å². The summed E-state index contributed by atoms with van der Waals surface area (Å²) in [5, 5.41) is 2.89. The predicted octanol–water partition coefficient (Wildman–Crippen LogP) is 1.60. The van der Waals surface area contributed by atoms with Crippen molar-refractivity contribution in [3.8, 4) is 0 Å². The number of rotatable bonds is 4. The first-order chi connectivity index (χ1) is 11.8. The highest BCUT2D eigenvalue weighted by atomic mass is 32.2. The van der Waals surface area contributed by atoms with E-state index in [-0.39, 0.29) is 5.56 Å². The second kappa shape index (κ2) is 6.96. The maximum atomic E-state index is 13.0. The van der Waals surface area contributed by atoms with Crippen LogP contribution in [0.2, 0.25) is 0 Å². The lowest BCUT2D eigenvalue weighted by Crippen LogP contribution is -2.41. The van der Waals surface area contributed by atoms with Crippen LogP contribution in [0.15, 0.2) is 40.3 Å². The predicted molar refractivity (Wildman–Crippen MR) is 94.5 cm³/mol. The van der Waals surface area contributed by atoms with Crippen molar-refractivity contribution in [1.29, 1.82) is 0 Å². The molecule has 24 heavy (non-hydrogen) atoms. The van der Waals surface area contributed by atoms with Gasteiger partial charge >= 0.3 is 0 Å². The van der Waals surface area contributed by atoms with Crippen molar-refractivity contribution < 1.29 is 4.74 Å². The van der Waals surface area contributed by atoms with Crippen LogP contribution in [0.25, 0.3) is 0 Å². The van der Waals surface area contributed by atoms with Gasteiger partial charge in [-0.25, -0.2) is 9.99 Å². The number of thioether (sulfide) groups is 1. The number of hydrazine groups is 1. The maximum absolute atomic E-state index is 13.0. The summed E-state index contributed by atoms with van der Waals surface area (Å²) >= 11 is 1.64. The molecule has 6 nitrogen and oxygen atoms in total. The molecule has 0 aliphatic carbocycles. The molecule has 2 aromatic rings. The Kier molecular flexibility index (Phi) is 4.55. The van der Waals surface area contributed by atoms with Crippen LogP contribution in [0, 0.1) is 0 Å². The van der Waals surface area contributed by atoms with Crippen LogP contribution >= 0.6 is 11.8 Å². The molecule has 3 heterocycles. The van der Waals surface area contributed by atoms with Crippen molar-refractivity contribution in [2.24, 2.45) is 0 Å². The van der Waals surface area contributed by atoms with E-state index >= 15 is 0 Å². The molecular weight excluding hydrogens is 324 g/mol. The van der Waals surface area contributed by atoms with Crippen molar-refractivity contribution in [1.82, 2.24) is 14.6 Å². The molecule has 0 atom stereocenters. The lowest BCUT2D eigenvalue weighted by Gasteiger charge is -2.28. The number of hydrogen-bond donors (Lipinski definition) is 1. The summed E-state index contributed by atoms with van der Waals surface area (Å²) in [7, 11) is 0. The molecule has 0 amide bonds. The quantitative estimate of drug-likeness (QED) is 0.850. The average Bonchev–Trinajstić information content (AvgIpc) is 3.09. The number of anilines is 1. The topological polar surface area (TPSA) is 59.4 Å². The first-order valence-corrected chi connectivity index (χ1v) is 9.19. The molecule has 4 rings (SSSR count). The van der Waals surface area contributed by atoms with Crippen molar-refractivity contribution >= 4 is 17.6 Å². The second-order valence-electron chi connectivity index (χ2n) is 5.90. The molecule has 0 saturated carbocycles. The lowest BCUT2D eigenvalue weighted by atomic mass is 10.1. The van der Waals surface area contributed by atoms with Crippen LogP contribution in [0.5, 0.6) is 0 Å². The van der Waals surface area contributed by atoms with Gasteiger partial charge in [0.1, 0.15) is 0 Å². The van der Waals surface area contributed by atoms with Gasteiger partial charge in [0, 0.05) is 31.8 Å². The van der Waals surface area contributed by atoms with E-state index in [0.29, 0.717) is 25.5 Å². The van der Waals surface area contributed by atoms with Crippen molar-refractivity contribution in [3.05, 3.63) is 51.8 Å². The summed E-state index contributed by atoms with van der Waals surface area (Å²) in [6.07, 6.45) is 0.588. The van der Waals surface area contributed by atoms with Crippen LogP contribution in [0.4, 0.5) is 5.82 Å². The summed E-state index contributed by atoms with van der Waals surface area (Å²) in [6, 6.07) is 10.1. The van der Waals surface area contributed by atoms with Crippen LogP contribution in [-0.4, -0.2) is 46.6 Å². The third kappa shape index (κ3) is 3.19. The zero-order chi connectivity index (χ0) is 16.4. The highest BCUT2D eigenvalue weighted by Gasteiger charge is 2.22. The zero-order valence-corrected chi connectivity index (χ0v) is 14.2. The van der Waals surface area contributed by atoms with Gasteiger partial charge < -0.3 is 10.2 Å². The smallest absolute Gasteiger partial charge is 0.259 e. The molecule has 0 spiro atoms. The zero-order valence-electron chi connectivity index (χ0n) is 13.4. The van der Waals surface area contributed by atoms with E-state index in [9.17, 15) is 4.79 Å². The van der Waals surface area contributed by atoms with Crippen LogP contribution in [0.3, 0.4) is 0 Å². The van der Waals surface area contributed by atoms with Crippen molar-refractivity contribution in [3.63, 3.8) is 0 Å². The Bertz CT molecular complexity index is 772. The van der Waals surface area contributed by atoms with Crippen molar-refractivity contribution in [2.45, 2.75) is 18.1 Å². The first kappa shape index (κ1) is 15.7. The second-order valence-corrected chi connectivity index (χ2v) is 6.96. The van der Waals surface area contributed by atoms with Crippen LogP contribution in [0.1, 0.15) is 11.1 Å². The third-order valence-electron chi connectivity index (χ3n) is 4.27. The summed E-state index contributed by atoms with van der Waals surface area (Å²) in [4.78, 5) is 17.7. The van der Waals surface area contributed by atoms with Crippen LogP contribution < -0.4 is 11.0 Å². The molecule has 126 valence electrons. The molecule has 0 radical (unpaired) electrons. The number of nitrogens with one attached hydrogen (secondary N) is 1. The van der Waals surface area contributed by atoms with Crippen molar-refractivity contribution in [2.75, 3.05) is 37.5 Å². The van der Waals surface area contributed by atoms with E-state index in [4.69, 9.17) is 9.72 Å². The summed E-state index contributed by atoms with van der Waals surface area (Å²) in [6.45, 7) is 3.71. The first-order valence-electron chi connectivity index (χ1n) is 8.21. The molecule has 1 aromatic heterocycles. The monoisotopic (exact) mass is 344 g/mol. The van der Waals surface area contributed by atoms with Gasteiger partial charge in [0.05, 0.1) is 18.8 Å². The molecule has 0 unspecified atom stereocenters. The van der Waals surface area contributed by atoms with E-state index in [1.165, 1.54) is 0 Å². The molecule has 2 aliphatic heterocycles. The van der Waals surface area contributed by atoms with E-state index in [0.717, 1.165) is 41.7 Å². The van der Waals surface area contributed by atoms with E-state index in [2.05, 4.69) is 10.4 Å². The number of aromatic nitrogens is 2. The van der Waals surface area contributed by atoms with Crippen LogP contribution in [-0.2, 0) is 17.7 Å². The molecule has 1 saturated heterocycles. The van der Waals surface area contributed by atoms with Gasteiger partial charge in [0.2, 0.25) is 0 Å². The number of fused-ring (bicyclic) bond motifs is 1. The third-order valence-corrected chi connectivity index (χ3v) is 5.23. The SMILES string of the molecule is O=c1c(Cc2ccccc2)c(NN2CCOCC2)nc2n1CCS2. The number of ether oxygens (including phenoxy) is 1. The van der Waals surface area contributed by atoms with Gasteiger partial charge in [-0.2, -0.15) is 0 Å². The Hall–Kier alpha value is -1.83. The fraction of sp³-hybridized carbons (Fsp3) is 0.412. The minimum Gasteiger partial charge on any atom is -0.379 e. The molecule has 7 heteroatoms. The molecule has 2 aliphatic rings. The van der Waals surface area contributed by atoms with Gasteiger partial charge in [-0.05, 0) is 5.56 Å². The fourth-order valence-electron chi connectivity index (χ4n) is 2.99. The average molecular weight is 344 g/mol. The Morgan fingerprint density at radius 3 is 2.75 bits per heavy atom. The molecule has 1 N–H and O–H groups in total. The summed E-state index contributed by atoms with van der Waals surface area (Å²) in [5.74, 6) is 1.60. The standard InChI is InChI=1S/C17H20N4O2S/c22-16-14(12-13-4-2-1-3-5-13)15(18-17-21(16)8-11-24-17)19-20-6-9-23-10-7-20/h1-5,19H,6-12H2. The molecular formula is C17H20N4O2S. The van der Waals surface area contributed by atoms with Gasteiger partial charge in [-0.1, -0.05) is 42.1 Å². The van der Waals surface area contributed by atoms with Gasteiger partial charge in [-0.3, -0.25) is 9.36 Å². The molecule has 1 fully saturated rings. The van der Waals surface area contributed by atoms with E-state index in [1.807, 2.05) is 30.3 Å². The van der Waals surface area contributed by atoms with E-state index in [1.54, 1.807) is 16.3 Å². The highest BCUT2D eigenvalue weighted by Crippen LogP contribution is 2.25. The normalized spacial score (nSPS) is 17.7. The highest BCUT2D eigenvalue weighted by molar-refractivity contribution is 7.99. The summed E-state index contributed by atoms with van der Waals surface area (Å²) < 4.78 is 7.19. The Morgan fingerprint density at radius 2 is 1.96 bits per heavy atom. The molecule has 1 aromatic carbocycles. The molecule has 0 bridgehead atoms. The van der Waals surface area contributed by atoms with Gasteiger partial charge in [0.15, 0.2) is 11.0 Å². The Balaban J connectivity index is 1.70. The van der Waals surface area contributed by atoms with E-state index < -0.39 is 0 Å². The number of hydrogen-bond acceptors (Lipinski definition) is 6. The fourth-order valence-corrected chi connectivity index (χ4v) is 3.93. The summed E-state index contributed by atoms with van der Waals surface area (Å²) in [5.41, 5.74) is 5.28. The lowest BCUT2D eigenvalue weighted by molar-refractivity contribution is 0.0494.